The van der Waals surface area contributed by atoms with Crippen LogP contribution in [-0.2, 0) is 14.3 Å². The minimum atomic E-state index is -0.398. The summed E-state index contributed by atoms with van der Waals surface area (Å²) in [6.45, 7) is 5.49. The number of ether oxygens (including phenoxy) is 2. The smallest absolute Gasteiger partial charge is 0.338 e. The molecule has 0 radical (unpaired) electrons. The van der Waals surface area contributed by atoms with Gasteiger partial charge in [0.05, 0.1) is 5.56 Å². The highest BCUT2D eigenvalue weighted by atomic mass is 16.6. The number of hydrogen-bond acceptors (Lipinski definition) is 5. The van der Waals surface area contributed by atoms with Crippen molar-refractivity contribution in [2.45, 2.75) is 90.9 Å². The number of esters is 2. The molecule has 0 spiro atoms. The summed E-state index contributed by atoms with van der Waals surface area (Å²) in [5, 5.41) is 3.30. The number of carbonyl (C=O) groups is 2. The van der Waals surface area contributed by atoms with Gasteiger partial charge in [0.15, 0.2) is 0 Å². The predicted octanol–water partition coefficient (Wildman–Crippen LogP) is 6.52. The normalized spacial score (nSPS) is 10.6. The highest BCUT2D eigenvalue weighted by Crippen LogP contribution is 2.12. The van der Waals surface area contributed by atoms with Crippen molar-refractivity contribution in [2.24, 2.45) is 0 Å². The maximum absolute atomic E-state index is 12.0. The first kappa shape index (κ1) is 26.0. The van der Waals surface area contributed by atoms with E-state index in [1.165, 1.54) is 44.9 Å². The van der Waals surface area contributed by atoms with Gasteiger partial charge in [0.25, 0.3) is 0 Å². The molecule has 1 N–H and O–H groups in total. The molecule has 5 heteroatoms. The first-order chi connectivity index (χ1) is 14.7. The number of anilines is 1. The molecule has 5 nitrogen and oxygen atoms in total. The third kappa shape index (κ3) is 13.2. The van der Waals surface area contributed by atoms with Crippen LogP contribution in [0.15, 0.2) is 24.3 Å². The first-order valence-electron chi connectivity index (χ1n) is 11.8. The van der Waals surface area contributed by atoms with Crippen molar-refractivity contribution in [3.8, 4) is 0 Å². The fourth-order valence-corrected chi connectivity index (χ4v) is 3.16. The minimum Gasteiger partial charge on any atom is -0.462 e. The molecule has 0 saturated carbocycles. The van der Waals surface area contributed by atoms with E-state index in [1.807, 2.05) is 12.1 Å². The molecule has 0 bridgehead atoms. The SMILES string of the molecule is CCCCCCCCCCCC(=O)OCCOC(=O)c1ccc(NCCCC)cc1. The topological polar surface area (TPSA) is 64.6 Å². The summed E-state index contributed by atoms with van der Waals surface area (Å²) in [5.41, 5.74) is 1.49. The van der Waals surface area contributed by atoms with Gasteiger partial charge in [0.1, 0.15) is 13.2 Å². The van der Waals surface area contributed by atoms with Crippen LogP contribution >= 0.6 is 0 Å². The fourth-order valence-electron chi connectivity index (χ4n) is 3.16. The van der Waals surface area contributed by atoms with Crippen molar-refractivity contribution in [1.29, 1.82) is 0 Å². The van der Waals surface area contributed by atoms with Crippen LogP contribution in [0.4, 0.5) is 5.69 Å². The van der Waals surface area contributed by atoms with E-state index < -0.39 is 5.97 Å². The molecule has 0 saturated heterocycles. The molecule has 170 valence electrons. The average Bonchev–Trinajstić information content (AvgIpc) is 2.76. The number of nitrogens with one attached hydrogen (secondary N) is 1. The molecule has 0 unspecified atom stereocenters. The number of carbonyl (C=O) groups excluding carboxylic acids is 2. The lowest BCUT2D eigenvalue weighted by Crippen LogP contribution is -2.14. The van der Waals surface area contributed by atoms with Crippen LogP contribution in [0.5, 0.6) is 0 Å². The third-order valence-corrected chi connectivity index (χ3v) is 5.04. The molecule has 0 aromatic heterocycles. The second kappa shape index (κ2) is 17.8. The summed E-state index contributed by atoms with van der Waals surface area (Å²) in [6.07, 6.45) is 13.7. The molecule has 1 aromatic carbocycles. The Balaban J connectivity index is 2.03. The maximum atomic E-state index is 12.0. The van der Waals surface area contributed by atoms with Crippen molar-refractivity contribution in [3.63, 3.8) is 0 Å². The first-order valence-corrected chi connectivity index (χ1v) is 11.8. The third-order valence-electron chi connectivity index (χ3n) is 5.04. The zero-order valence-corrected chi connectivity index (χ0v) is 19.0. The van der Waals surface area contributed by atoms with E-state index in [0.29, 0.717) is 12.0 Å². The summed E-state index contributed by atoms with van der Waals surface area (Å²) in [4.78, 5) is 23.8. The van der Waals surface area contributed by atoms with Crippen molar-refractivity contribution in [2.75, 3.05) is 25.1 Å². The lowest BCUT2D eigenvalue weighted by molar-refractivity contribution is -0.144. The van der Waals surface area contributed by atoms with Crippen molar-refractivity contribution >= 4 is 17.6 Å². The Hall–Kier alpha value is -2.04. The van der Waals surface area contributed by atoms with Crippen molar-refractivity contribution in [1.82, 2.24) is 0 Å². The van der Waals surface area contributed by atoms with Gasteiger partial charge in [-0.3, -0.25) is 4.79 Å². The standard InChI is InChI=1S/C25H41NO4/c1-3-5-7-8-9-10-11-12-13-14-24(27)29-20-21-30-25(28)22-15-17-23(18-16-22)26-19-6-4-2/h15-18,26H,3-14,19-21H2,1-2H3. The zero-order chi connectivity index (χ0) is 21.9. The Kier molecular flexibility index (Phi) is 15.4. The monoisotopic (exact) mass is 419 g/mol. The van der Waals surface area contributed by atoms with E-state index in [4.69, 9.17) is 9.47 Å². The number of benzene rings is 1. The summed E-state index contributed by atoms with van der Waals surface area (Å²) in [7, 11) is 0. The van der Waals surface area contributed by atoms with Gasteiger partial charge in [-0.15, -0.1) is 0 Å². The van der Waals surface area contributed by atoms with Gasteiger partial charge in [0, 0.05) is 18.7 Å². The Bertz CT molecular complexity index is 571. The lowest BCUT2D eigenvalue weighted by Gasteiger charge is -2.08. The van der Waals surface area contributed by atoms with Crippen LogP contribution in [0.25, 0.3) is 0 Å². The molecule has 0 amide bonds. The minimum absolute atomic E-state index is 0.0822. The molecule has 0 aliphatic heterocycles. The van der Waals surface area contributed by atoms with Crippen LogP contribution in [0.1, 0.15) is 101 Å². The maximum Gasteiger partial charge on any atom is 0.338 e. The van der Waals surface area contributed by atoms with Gasteiger partial charge in [0.2, 0.25) is 0 Å². The molecule has 30 heavy (non-hydrogen) atoms. The van der Waals surface area contributed by atoms with Gasteiger partial charge >= 0.3 is 11.9 Å². The second-order valence-electron chi connectivity index (χ2n) is 7.79. The van der Waals surface area contributed by atoms with Crippen LogP contribution in [0.3, 0.4) is 0 Å². The van der Waals surface area contributed by atoms with E-state index in [0.717, 1.165) is 37.9 Å². The van der Waals surface area contributed by atoms with E-state index in [-0.39, 0.29) is 19.2 Å². The summed E-state index contributed by atoms with van der Waals surface area (Å²) in [6, 6.07) is 7.23. The van der Waals surface area contributed by atoms with Crippen molar-refractivity contribution < 1.29 is 19.1 Å². The molecule has 0 aliphatic carbocycles. The molecular weight excluding hydrogens is 378 g/mol. The number of unbranched alkanes of at least 4 members (excludes halogenated alkanes) is 9. The molecule has 0 aliphatic rings. The molecule has 0 atom stereocenters. The fraction of sp³-hybridized carbons (Fsp3) is 0.680. The predicted molar refractivity (Wildman–Crippen MR) is 123 cm³/mol. The van der Waals surface area contributed by atoms with Gasteiger partial charge in [-0.1, -0.05) is 71.6 Å². The Morgan fingerprint density at radius 1 is 0.733 bits per heavy atom. The average molecular weight is 420 g/mol. The highest BCUT2D eigenvalue weighted by Gasteiger charge is 2.08. The highest BCUT2D eigenvalue weighted by molar-refractivity contribution is 5.89. The molecular formula is C25H41NO4. The van der Waals surface area contributed by atoms with Crippen LogP contribution in [-0.4, -0.2) is 31.7 Å². The molecule has 1 aromatic rings. The van der Waals surface area contributed by atoms with Crippen LogP contribution in [0.2, 0.25) is 0 Å². The van der Waals surface area contributed by atoms with Gasteiger partial charge in [-0.2, -0.15) is 0 Å². The van der Waals surface area contributed by atoms with Gasteiger partial charge in [-0.25, -0.2) is 4.79 Å². The summed E-state index contributed by atoms with van der Waals surface area (Å²) < 4.78 is 10.3. The van der Waals surface area contributed by atoms with Gasteiger partial charge < -0.3 is 14.8 Å². The molecule has 0 fully saturated rings. The Labute approximate surface area is 182 Å². The van der Waals surface area contributed by atoms with E-state index in [9.17, 15) is 9.59 Å². The van der Waals surface area contributed by atoms with E-state index in [2.05, 4.69) is 19.2 Å². The second-order valence-corrected chi connectivity index (χ2v) is 7.79. The number of rotatable bonds is 18. The molecule has 1 rings (SSSR count). The lowest BCUT2D eigenvalue weighted by atomic mass is 10.1. The Morgan fingerprint density at radius 3 is 1.93 bits per heavy atom. The van der Waals surface area contributed by atoms with Crippen molar-refractivity contribution in [3.05, 3.63) is 29.8 Å². The van der Waals surface area contributed by atoms with E-state index >= 15 is 0 Å². The number of hydrogen-bond donors (Lipinski definition) is 1. The van der Waals surface area contributed by atoms with E-state index in [1.54, 1.807) is 12.1 Å². The van der Waals surface area contributed by atoms with Crippen LogP contribution < -0.4 is 5.32 Å². The quantitative estimate of drug-likeness (QED) is 0.217. The van der Waals surface area contributed by atoms with Gasteiger partial charge in [-0.05, 0) is 37.1 Å². The summed E-state index contributed by atoms with van der Waals surface area (Å²) >= 11 is 0. The van der Waals surface area contributed by atoms with Crippen LogP contribution in [0, 0.1) is 0 Å². The largest absolute Gasteiger partial charge is 0.462 e. The zero-order valence-electron chi connectivity index (χ0n) is 19.0. The molecule has 0 heterocycles. The Morgan fingerprint density at radius 2 is 1.30 bits per heavy atom. The summed E-state index contributed by atoms with van der Waals surface area (Å²) in [5.74, 6) is -0.610.